The monoisotopic (exact) mass is 564 g/mol. The summed E-state index contributed by atoms with van der Waals surface area (Å²) in [7, 11) is 1.63. The van der Waals surface area contributed by atoms with E-state index < -0.39 is 18.0 Å². The minimum atomic E-state index is -0.564. The zero-order valence-corrected chi connectivity index (χ0v) is 24.3. The molecule has 5 rings (SSSR count). The highest BCUT2D eigenvalue weighted by Crippen LogP contribution is 2.36. The Morgan fingerprint density at radius 1 is 1.02 bits per heavy atom. The third-order valence-electron chi connectivity index (χ3n) is 8.32. The van der Waals surface area contributed by atoms with Gasteiger partial charge in [-0.25, -0.2) is 9.59 Å². The summed E-state index contributed by atoms with van der Waals surface area (Å²) in [6, 6.07) is 18.2. The van der Waals surface area contributed by atoms with E-state index in [2.05, 4.69) is 36.9 Å². The van der Waals surface area contributed by atoms with Crippen LogP contribution in [-0.2, 0) is 9.53 Å². The van der Waals surface area contributed by atoms with Gasteiger partial charge in [0.25, 0.3) is 0 Å². The van der Waals surface area contributed by atoms with Gasteiger partial charge in [-0.3, -0.25) is 9.88 Å². The fourth-order valence-electron chi connectivity index (χ4n) is 5.69. The summed E-state index contributed by atoms with van der Waals surface area (Å²) in [5.41, 5.74) is 2.11. The van der Waals surface area contributed by atoms with Crippen molar-refractivity contribution in [2.45, 2.75) is 32.4 Å². The lowest BCUT2D eigenvalue weighted by Crippen LogP contribution is -2.46. The van der Waals surface area contributed by atoms with Crippen LogP contribution in [0.25, 0.3) is 21.7 Å². The first kappa shape index (κ1) is 29.0. The number of likely N-dealkylation sites (tertiary alicyclic amines) is 1. The van der Waals surface area contributed by atoms with Crippen molar-refractivity contribution in [3.8, 4) is 11.5 Å². The van der Waals surface area contributed by atoms with Gasteiger partial charge in [0.05, 0.1) is 18.2 Å². The van der Waals surface area contributed by atoms with E-state index in [-0.39, 0.29) is 6.04 Å². The maximum atomic E-state index is 13.8. The van der Waals surface area contributed by atoms with E-state index in [1.54, 1.807) is 37.6 Å². The smallest absolute Gasteiger partial charge is 0.338 e. The van der Waals surface area contributed by atoms with Crippen molar-refractivity contribution >= 4 is 33.6 Å². The quantitative estimate of drug-likeness (QED) is 0.0945. The molecule has 1 fully saturated rings. The number of carbonyl (C=O) groups is 2. The molecule has 0 amide bonds. The molecule has 3 aromatic carbocycles. The number of fused-ring (bicyclic) bond motifs is 2. The van der Waals surface area contributed by atoms with Crippen LogP contribution in [0.3, 0.4) is 0 Å². The number of carbonyl (C=O) groups excluding carboxylic acids is 2. The molecule has 7 heteroatoms. The second-order valence-electron chi connectivity index (χ2n) is 10.9. The third kappa shape index (κ3) is 6.06. The van der Waals surface area contributed by atoms with Gasteiger partial charge in [0.15, 0.2) is 0 Å². The van der Waals surface area contributed by atoms with Gasteiger partial charge in [0.2, 0.25) is 0 Å². The van der Waals surface area contributed by atoms with Crippen LogP contribution in [0.2, 0.25) is 0 Å². The van der Waals surface area contributed by atoms with E-state index in [0.29, 0.717) is 28.9 Å². The first-order chi connectivity index (χ1) is 20.3. The van der Waals surface area contributed by atoms with Crippen molar-refractivity contribution in [2.24, 2.45) is 11.8 Å². The highest BCUT2D eigenvalue weighted by Gasteiger charge is 2.34. The maximum absolute atomic E-state index is 13.8. The van der Waals surface area contributed by atoms with Gasteiger partial charge in [0, 0.05) is 35.8 Å². The number of piperidine rings is 1. The van der Waals surface area contributed by atoms with Gasteiger partial charge in [-0.15, -0.1) is 6.58 Å². The van der Waals surface area contributed by atoms with Crippen molar-refractivity contribution in [3.63, 3.8) is 0 Å². The van der Waals surface area contributed by atoms with Gasteiger partial charge in [-0.05, 0) is 91.0 Å². The molecule has 4 aromatic rings. The molecule has 0 bridgehead atoms. The largest absolute Gasteiger partial charge is 0.497 e. The van der Waals surface area contributed by atoms with Crippen molar-refractivity contribution in [3.05, 3.63) is 103 Å². The number of esters is 2. The van der Waals surface area contributed by atoms with E-state index in [1.165, 1.54) is 0 Å². The highest BCUT2D eigenvalue weighted by molar-refractivity contribution is 5.96. The molecule has 4 atom stereocenters. The molecule has 42 heavy (non-hydrogen) atoms. The zero-order valence-electron chi connectivity index (χ0n) is 24.3. The van der Waals surface area contributed by atoms with Crippen LogP contribution in [0, 0.1) is 11.8 Å². The molecule has 0 radical (unpaired) electrons. The lowest BCUT2D eigenvalue weighted by molar-refractivity contribution is -0.128. The first-order valence-electron chi connectivity index (χ1n) is 14.2. The van der Waals surface area contributed by atoms with Gasteiger partial charge in [-0.1, -0.05) is 31.7 Å². The second-order valence-corrected chi connectivity index (χ2v) is 10.9. The molecule has 1 saturated heterocycles. The Morgan fingerprint density at radius 3 is 2.55 bits per heavy atom. The Labute approximate surface area is 246 Å². The number of aromatic nitrogens is 1. The summed E-state index contributed by atoms with van der Waals surface area (Å²) >= 11 is 0. The minimum Gasteiger partial charge on any atom is -0.497 e. The normalized spacial score (nSPS) is 18.6. The van der Waals surface area contributed by atoms with Crippen LogP contribution < -0.4 is 9.47 Å². The van der Waals surface area contributed by atoms with Crippen molar-refractivity contribution < 1.29 is 23.8 Å². The molecule has 0 saturated carbocycles. The van der Waals surface area contributed by atoms with Crippen LogP contribution in [0.5, 0.6) is 11.5 Å². The van der Waals surface area contributed by atoms with Crippen molar-refractivity contribution in [2.75, 3.05) is 20.2 Å². The molecular formula is C35H36N2O5. The zero-order chi connectivity index (χ0) is 29.8. The first-order valence-corrected chi connectivity index (χ1v) is 14.2. The highest BCUT2D eigenvalue weighted by atomic mass is 16.5. The lowest BCUT2D eigenvalue weighted by Gasteiger charge is -2.41. The van der Waals surface area contributed by atoms with E-state index in [1.807, 2.05) is 42.5 Å². The molecule has 0 N–H and O–H groups in total. The standard InChI is InChI=1S/C35H36N2O5/c1-6-24-21-37(17-15-22(24)3)23(4)34(30-14-16-36-32-13-12-28(40-5)20-31(30)32)42-35(39)27-9-8-26-19-29(41-33(38)7-2)11-10-25(26)18-27/h6-14,16,18-20,22-24,34H,1-2,15,17,21H2,3-5H3. The summed E-state index contributed by atoms with van der Waals surface area (Å²) in [5.74, 6) is 1.08. The van der Waals surface area contributed by atoms with Crippen LogP contribution in [0.15, 0.2) is 92.2 Å². The maximum Gasteiger partial charge on any atom is 0.338 e. The number of pyridine rings is 1. The van der Waals surface area contributed by atoms with Gasteiger partial charge in [-0.2, -0.15) is 0 Å². The number of benzene rings is 3. The minimum absolute atomic E-state index is 0.108. The van der Waals surface area contributed by atoms with Crippen LogP contribution in [-0.4, -0.2) is 48.1 Å². The van der Waals surface area contributed by atoms with Gasteiger partial charge in [0.1, 0.15) is 17.6 Å². The Hall–Kier alpha value is -4.49. The van der Waals surface area contributed by atoms with Gasteiger partial charge < -0.3 is 14.2 Å². The summed E-state index contributed by atoms with van der Waals surface area (Å²) in [6.07, 6.45) is 5.39. The molecule has 1 aliphatic heterocycles. The van der Waals surface area contributed by atoms with E-state index in [9.17, 15) is 9.59 Å². The number of nitrogens with zero attached hydrogens (tertiary/aromatic N) is 2. The molecule has 0 aliphatic carbocycles. The van der Waals surface area contributed by atoms with E-state index in [0.717, 1.165) is 52.8 Å². The van der Waals surface area contributed by atoms with E-state index in [4.69, 9.17) is 14.2 Å². The summed E-state index contributed by atoms with van der Waals surface area (Å²) in [4.78, 5) is 32.3. The molecule has 0 spiro atoms. The predicted octanol–water partition coefficient (Wildman–Crippen LogP) is 6.92. The molecule has 1 aliphatic rings. The summed E-state index contributed by atoms with van der Waals surface area (Å²) in [6.45, 7) is 13.6. The SMILES string of the molecule is C=CC(=O)Oc1ccc2cc(C(=O)OC(c3ccnc4ccc(OC)cc34)C(C)N3CCC(C)C(C=C)C3)ccc2c1. The number of ether oxygens (including phenoxy) is 3. The Kier molecular flexibility index (Phi) is 8.69. The topological polar surface area (TPSA) is 78.0 Å². The molecule has 216 valence electrons. The Morgan fingerprint density at radius 2 is 1.79 bits per heavy atom. The molecule has 2 heterocycles. The predicted molar refractivity (Wildman–Crippen MR) is 165 cm³/mol. The van der Waals surface area contributed by atoms with E-state index >= 15 is 0 Å². The lowest BCUT2D eigenvalue weighted by atomic mass is 9.85. The molecule has 1 aromatic heterocycles. The average Bonchev–Trinajstić information content (AvgIpc) is 3.02. The number of methoxy groups -OCH3 is 1. The number of rotatable bonds is 9. The number of hydrogen-bond acceptors (Lipinski definition) is 7. The molecule has 4 unspecified atom stereocenters. The fourth-order valence-corrected chi connectivity index (χ4v) is 5.69. The Bertz CT molecular complexity index is 1650. The second kappa shape index (κ2) is 12.6. The van der Waals surface area contributed by atoms with Crippen LogP contribution in [0.4, 0.5) is 0 Å². The van der Waals surface area contributed by atoms with Crippen molar-refractivity contribution in [1.29, 1.82) is 0 Å². The third-order valence-corrected chi connectivity index (χ3v) is 8.32. The molecular weight excluding hydrogens is 528 g/mol. The fraction of sp³-hybridized carbons (Fsp3) is 0.286. The Balaban J connectivity index is 1.49. The molecule has 7 nitrogen and oxygen atoms in total. The number of hydrogen-bond donors (Lipinski definition) is 0. The van der Waals surface area contributed by atoms with Crippen molar-refractivity contribution in [1.82, 2.24) is 9.88 Å². The summed E-state index contributed by atoms with van der Waals surface area (Å²) in [5, 5.41) is 2.54. The van der Waals surface area contributed by atoms with Crippen LogP contribution in [0.1, 0.15) is 42.3 Å². The van der Waals surface area contributed by atoms with Gasteiger partial charge >= 0.3 is 11.9 Å². The average molecular weight is 565 g/mol. The van der Waals surface area contributed by atoms with Crippen LogP contribution >= 0.6 is 0 Å². The summed E-state index contributed by atoms with van der Waals surface area (Å²) < 4.78 is 17.1.